The first-order valence-corrected chi connectivity index (χ1v) is 7.34. The Hall–Kier alpha value is -1.13. The molecule has 0 saturated carbocycles. The van der Waals surface area contributed by atoms with E-state index in [1.807, 2.05) is 0 Å². The molecule has 0 spiro atoms. The molecule has 2 rings (SSSR count). The standard InChI is InChI=1S/C14H21N3S/c1-3-4-5-8-17(2)10-11-6-7-12-13(9-11)18-14(15)16-12/h6-7,9H,3-5,8,10H2,1-2H3,(H2,15,16). The highest BCUT2D eigenvalue weighted by Crippen LogP contribution is 2.24. The molecule has 0 amide bonds. The zero-order valence-electron chi connectivity index (χ0n) is 11.1. The second kappa shape index (κ2) is 6.16. The summed E-state index contributed by atoms with van der Waals surface area (Å²) in [6.07, 6.45) is 3.87. The van der Waals surface area contributed by atoms with Crippen molar-refractivity contribution in [3.63, 3.8) is 0 Å². The number of nitrogen functional groups attached to an aromatic ring is 1. The molecule has 0 aliphatic carbocycles. The van der Waals surface area contributed by atoms with Gasteiger partial charge in [-0.05, 0) is 37.7 Å². The highest BCUT2D eigenvalue weighted by Gasteiger charge is 2.04. The van der Waals surface area contributed by atoms with Crippen LogP contribution in [-0.4, -0.2) is 23.5 Å². The fourth-order valence-electron chi connectivity index (χ4n) is 2.11. The molecule has 0 saturated heterocycles. The van der Waals surface area contributed by atoms with Crippen LogP contribution in [0, 0.1) is 0 Å². The van der Waals surface area contributed by atoms with Crippen molar-refractivity contribution in [1.82, 2.24) is 9.88 Å². The van der Waals surface area contributed by atoms with Gasteiger partial charge >= 0.3 is 0 Å². The maximum Gasteiger partial charge on any atom is 0.181 e. The molecule has 4 heteroatoms. The Balaban J connectivity index is 1.98. The van der Waals surface area contributed by atoms with E-state index in [1.165, 1.54) is 29.5 Å². The number of nitrogens with two attached hydrogens (primary N) is 1. The van der Waals surface area contributed by atoms with E-state index in [0.717, 1.165) is 18.6 Å². The topological polar surface area (TPSA) is 42.2 Å². The van der Waals surface area contributed by atoms with Crippen LogP contribution in [-0.2, 0) is 6.54 Å². The average Bonchev–Trinajstić information content (AvgIpc) is 2.69. The van der Waals surface area contributed by atoms with Crippen molar-refractivity contribution in [1.29, 1.82) is 0 Å². The van der Waals surface area contributed by atoms with Gasteiger partial charge in [-0.1, -0.05) is 37.2 Å². The van der Waals surface area contributed by atoms with Gasteiger partial charge in [0.25, 0.3) is 0 Å². The second-order valence-electron chi connectivity index (χ2n) is 4.80. The van der Waals surface area contributed by atoms with Gasteiger partial charge in [0, 0.05) is 6.54 Å². The molecule has 2 N–H and O–H groups in total. The Morgan fingerprint density at radius 1 is 1.33 bits per heavy atom. The summed E-state index contributed by atoms with van der Waals surface area (Å²) in [6.45, 7) is 4.40. The van der Waals surface area contributed by atoms with Gasteiger partial charge < -0.3 is 10.6 Å². The van der Waals surface area contributed by atoms with E-state index in [1.54, 1.807) is 11.3 Å². The van der Waals surface area contributed by atoms with Crippen LogP contribution < -0.4 is 5.73 Å². The van der Waals surface area contributed by atoms with Crippen molar-refractivity contribution < 1.29 is 0 Å². The SMILES string of the molecule is CCCCCN(C)Cc1ccc2nc(N)sc2c1. The van der Waals surface area contributed by atoms with Crippen molar-refractivity contribution in [3.8, 4) is 0 Å². The molecule has 2 aromatic rings. The number of rotatable bonds is 6. The number of thiazole rings is 1. The molecule has 0 unspecified atom stereocenters. The Morgan fingerprint density at radius 2 is 2.17 bits per heavy atom. The zero-order valence-corrected chi connectivity index (χ0v) is 12.0. The lowest BCUT2D eigenvalue weighted by Gasteiger charge is -2.16. The number of fused-ring (bicyclic) bond motifs is 1. The van der Waals surface area contributed by atoms with Crippen LogP contribution in [0.3, 0.4) is 0 Å². The third kappa shape index (κ3) is 3.43. The highest BCUT2D eigenvalue weighted by molar-refractivity contribution is 7.22. The molecule has 0 bridgehead atoms. The average molecular weight is 263 g/mol. The fraction of sp³-hybridized carbons (Fsp3) is 0.500. The molecule has 1 heterocycles. The Kier molecular flexibility index (Phi) is 4.55. The lowest BCUT2D eigenvalue weighted by atomic mass is 10.2. The van der Waals surface area contributed by atoms with Crippen molar-refractivity contribution in [2.24, 2.45) is 0 Å². The molecule has 1 aromatic carbocycles. The number of hydrogen-bond acceptors (Lipinski definition) is 4. The van der Waals surface area contributed by atoms with Crippen LogP contribution in [0.4, 0.5) is 5.13 Å². The van der Waals surface area contributed by atoms with Gasteiger partial charge in [-0.15, -0.1) is 0 Å². The number of aromatic nitrogens is 1. The van der Waals surface area contributed by atoms with E-state index < -0.39 is 0 Å². The minimum atomic E-state index is 0.651. The minimum Gasteiger partial charge on any atom is -0.375 e. The van der Waals surface area contributed by atoms with Gasteiger partial charge in [-0.25, -0.2) is 4.98 Å². The molecule has 0 radical (unpaired) electrons. The molecular weight excluding hydrogens is 242 g/mol. The number of anilines is 1. The summed E-state index contributed by atoms with van der Waals surface area (Å²) in [7, 11) is 2.18. The number of unbranched alkanes of at least 4 members (excludes halogenated alkanes) is 2. The maximum absolute atomic E-state index is 5.72. The molecule has 98 valence electrons. The van der Waals surface area contributed by atoms with E-state index in [9.17, 15) is 0 Å². The normalized spacial score (nSPS) is 11.5. The van der Waals surface area contributed by atoms with Gasteiger partial charge in [0.1, 0.15) is 0 Å². The monoisotopic (exact) mass is 263 g/mol. The van der Waals surface area contributed by atoms with Crippen LogP contribution >= 0.6 is 11.3 Å². The predicted octanol–water partition coefficient (Wildman–Crippen LogP) is 3.50. The minimum absolute atomic E-state index is 0.651. The summed E-state index contributed by atoms with van der Waals surface area (Å²) in [5.74, 6) is 0. The zero-order chi connectivity index (χ0) is 13.0. The van der Waals surface area contributed by atoms with Gasteiger partial charge in [0.2, 0.25) is 0 Å². The Labute approximate surface area is 113 Å². The largest absolute Gasteiger partial charge is 0.375 e. The molecule has 18 heavy (non-hydrogen) atoms. The van der Waals surface area contributed by atoms with Crippen molar-refractivity contribution in [3.05, 3.63) is 23.8 Å². The van der Waals surface area contributed by atoms with E-state index in [4.69, 9.17) is 5.73 Å². The van der Waals surface area contributed by atoms with Crippen molar-refractivity contribution in [2.45, 2.75) is 32.7 Å². The molecule has 0 aliphatic rings. The van der Waals surface area contributed by atoms with Crippen LogP contribution in [0.15, 0.2) is 18.2 Å². The van der Waals surface area contributed by atoms with Crippen LogP contribution in [0.2, 0.25) is 0 Å². The molecule has 1 aromatic heterocycles. The number of benzene rings is 1. The van der Waals surface area contributed by atoms with Crippen LogP contribution in [0.5, 0.6) is 0 Å². The smallest absolute Gasteiger partial charge is 0.181 e. The summed E-state index contributed by atoms with van der Waals surface area (Å²) in [5, 5.41) is 0.651. The van der Waals surface area contributed by atoms with E-state index >= 15 is 0 Å². The van der Waals surface area contributed by atoms with Crippen LogP contribution in [0.1, 0.15) is 31.7 Å². The van der Waals surface area contributed by atoms with E-state index in [-0.39, 0.29) is 0 Å². The molecule has 0 fully saturated rings. The molecule has 0 aliphatic heterocycles. The number of hydrogen-bond donors (Lipinski definition) is 1. The number of nitrogens with zero attached hydrogens (tertiary/aromatic N) is 2. The van der Waals surface area contributed by atoms with Gasteiger partial charge in [-0.2, -0.15) is 0 Å². The quantitative estimate of drug-likeness (QED) is 0.811. The summed E-state index contributed by atoms with van der Waals surface area (Å²) < 4.78 is 1.19. The van der Waals surface area contributed by atoms with Crippen molar-refractivity contribution >= 4 is 26.7 Å². The highest BCUT2D eigenvalue weighted by atomic mass is 32.1. The lowest BCUT2D eigenvalue weighted by Crippen LogP contribution is -2.18. The maximum atomic E-state index is 5.72. The van der Waals surface area contributed by atoms with E-state index in [2.05, 4.69) is 42.1 Å². The van der Waals surface area contributed by atoms with Gasteiger partial charge in [0.15, 0.2) is 5.13 Å². The summed E-state index contributed by atoms with van der Waals surface area (Å²) in [5.41, 5.74) is 8.07. The van der Waals surface area contributed by atoms with Gasteiger partial charge in [-0.3, -0.25) is 0 Å². The second-order valence-corrected chi connectivity index (χ2v) is 5.86. The summed E-state index contributed by atoms with van der Waals surface area (Å²) >= 11 is 1.56. The van der Waals surface area contributed by atoms with Gasteiger partial charge in [0.05, 0.1) is 10.2 Å². The Bertz CT molecular complexity index is 507. The third-order valence-electron chi connectivity index (χ3n) is 3.07. The van der Waals surface area contributed by atoms with E-state index in [0.29, 0.717) is 5.13 Å². The Morgan fingerprint density at radius 3 is 2.94 bits per heavy atom. The molecular formula is C14H21N3S. The summed E-state index contributed by atoms with van der Waals surface area (Å²) in [4.78, 5) is 6.65. The first-order valence-electron chi connectivity index (χ1n) is 6.52. The first kappa shape index (κ1) is 13.3. The lowest BCUT2D eigenvalue weighted by molar-refractivity contribution is 0.318. The predicted molar refractivity (Wildman–Crippen MR) is 79.9 cm³/mol. The fourth-order valence-corrected chi connectivity index (χ4v) is 2.91. The third-order valence-corrected chi connectivity index (χ3v) is 3.91. The first-order chi connectivity index (χ1) is 8.69. The molecule has 3 nitrogen and oxygen atoms in total. The van der Waals surface area contributed by atoms with Crippen molar-refractivity contribution in [2.75, 3.05) is 19.3 Å². The molecule has 0 atom stereocenters. The summed E-state index contributed by atoms with van der Waals surface area (Å²) in [6, 6.07) is 6.43. The van der Waals surface area contributed by atoms with Crippen LogP contribution in [0.25, 0.3) is 10.2 Å².